The number of hydrogen-bond donors (Lipinski definition) is 1. The lowest BCUT2D eigenvalue weighted by atomic mass is 9.62. The number of hydrogen-bond acceptors (Lipinski definition) is 2. The smallest absolute Gasteiger partial charge is 0.337 e. The van der Waals surface area contributed by atoms with E-state index in [2.05, 4.69) is 57.8 Å². The second-order valence-corrected chi connectivity index (χ2v) is 11.7. The van der Waals surface area contributed by atoms with E-state index in [1.54, 1.807) is 28.3 Å². The number of benzene rings is 1. The van der Waals surface area contributed by atoms with Crippen molar-refractivity contribution >= 4 is 5.97 Å². The van der Waals surface area contributed by atoms with Gasteiger partial charge in [0.25, 0.3) is 0 Å². The number of nitrogens with zero attached hydrogens (tertiary/aromatic N) is 1. The molecule has 0 spiro atoms. The van der Waals surface area contributed by atoms with Crippen molar-refractivity contribution in [2.75, 3.05) is 0 Å². The van der Waals surface area contributed by atoms with Crippen molar-refractivity contribution in [3.05, 3.63) is 75.6 Å². The molecule has 2 atom stereocenters. The van der Waals surface area contributed by atoms with E-state index in [0.717, 1.165) is 12.1 Å². The lowest BCUT2D eigenvalue weighted by Crippen LogP contribution is -2.34. The Morgan fingerprint density at radius 1 is 1.06 bits per heavy atom. The molecule has 1 aromatic carbocycles. The Morgan fingerprint density at radius 2 is 1.75 bits per heavy atom. The van der Waals surface area contributed by atoms with Crippen molar-refractivity contribution in [1.82, 2.24) is 4.98 Å². The minimum absolute atomic E-state index is 0.248. The number of carboxylic acid groups (broad SMARTS) is 1. The Kier molecular flexibility index (Phi) is 4.71. The lowest BCUT2D eigenvalue weighted by Gasteiger charge is -2.43. The first-order chi connectivity index (χ1) is 15.0. The monoisotopic (exact) mass is 429 g/mol. The summed E-state index contributed by atoms with van der Waals surface area (Å²) in [5.41, 5.74) is 9.82. The average molecular weight is 430 g/mol. The molecule has 5 rings (SSSR count). The van der Waals surface area contributed by atoms with Crippen molar-refractivity contribution in [3.8, 4) is 0 Å². The van der Waals surface area contributed by atoms with Crippen LogP contribution in [0.15, 0.2) is 42.1 Å². The fraction of sp³-hybridized carbons (Fsp3) is 0.517. The van der Waals surface area contributed by atoms with Crippen LogP contribution in [0.4, 0.5) is 0 Å². The molecule has 2 aromatic rings. The fourth-order valence-electron chi connectivity index (χ4n) is 6.45. The highest BCUT2D eigenvalue weighted by Crippen LogP contribution is 2.67. The SMILES string of the molecule is Cc1cc2c(cc1C13CCC(=CCc4ccc(C(=O)O)cn4)C1C3)C(C)(C)CCC2(C)C. The van der Waals surface area contributed by atoms with Crippen molar-refractivity contribution in [2.45, 2.75) is 89.4 Å². The molecular formula is C29H35NO2. The molecule has 0 bridgehead atoms. The van der Waals surface area contributed by atoms with Gasteiger partial charge in [0.15, 0.2) is 0 Å². The number of rotatable bonds is 4. The third-order valence-electron chi connectivity index (χ3n) is 8.76. The maximum atomic E-state index is 11.0. The van der Waals surface area contributed by atoms with Crippen LogP contribution in [0.3, 0.4) is 0 Å². The van der Waals surface area contributed by atoms with Crippen LogP contribution in [-0.4, -0.2) is 16.1 Å². The van der Waals surface area contributed by atoms with Crippen molar-refractivity contribution in [3.63, 3.8) is 0 Å². The third-order valence-corrected chi connectivity index (χ3v) is 8.76. The van der Waals surface area contributed by atoms with Gasteiger partial charge in [0.1, 0.15) is 0 Å². The number of fused-ring (bicyclic) bond motifs is 2. The summed E-state index contributed by atoms with van der Waals surface area (Å²) in [6, 6.07) is 8.61. The summed E-state index contributed by atoms with van der Waals surface area (Å²) in [5.74, 6) is -0.259. The molecule has 3 aliphatic carbocycles. The standard InChI is InChI=1S/C29H35NO2/c1-18-14-23-24(28(4,5)13-12-27(23,2)3)15-22(18)29-11-10-19(25(29)16-29)6-8-21-9-7-20(17-30-21)26(31)32/h6-7,9,14-15,17,25H,8,10-13,16H2,1-5H3,(H,31,32). The summed E-state index contributed by atoms with van der Waals surface area (Å²) >= 11 is 0. The van der Waals surface area contributed by atoms with Crippen molar-refractivity contribution < 1.29 is 9.90 Å². The zero-order valence-electron chi connectivity index (χ0n) is 20.1. The van der Waals surface area contributed by atoms with Crippen LogP contribution >= 0.6 is 0 Å². The summed E-state index contributed by atoms with van der Waals surface area (Å²) < 4.78 is 0. The van der Waals surface area contributed by atoms with Crippen LogP contribution in [0.1, 0.15) is 98.1 Å². The molecule has 0 amide bonds. The van der Waals surface area contributed by atoms with E-state index in [1.165, 1.54) is 43.9 Å². The Hall–Kier alpha value is -2.42. The van der Waals surface area contributed by atoms with Crippen LogP contribution in [-0.2, 0) is 22.7 Å². The maximum Gasteiger partial charge on any atom is 0.337 e. The molecule has 1 heterocycles. The minimum Gasteiger partial charge on any atom is -0.478 e. The fourth-order valence-corrected chi connectivity index (χ4v) is 6.45. The topological polar surface area (TPSA) is 50.2 Å². The molecule has 2 unspecified atom stereocenters. The molecule has 0 radical (unpaired) electrons. The van der Waals surface area contributed by atoms with E-state index in [0.29, 0.717) is 11.3 Å². The van der Waals surface area contributed by atoms with Gasteiger partial charge in [-0.05, 0) is 90.2 Å². The first-order valence-electron chi connectivity index (χ1n) is 12.1. The largest absolute Gasteiger partial charge is 0.478 e. The highest BCUT2D eigenvalue weighted by atomic mass is 16.4. The Labute approximate surface area is 192 Å². The van der Waals surface area contributed by atoms with Gasteiger partial charge in [-0.2, -0.15) is 0 Å². The molecule has 0 aliphatic heterocycles. The zero-order valence-corrected chi connectivity index (χ0v) is 20.1. The normalized spacial score (nSPS) is 28.3. The molecule has 3 nitrogen and oxygen atoms in total. The maximum absolute atomic E-state index is 11.0. The summed E-state index contributed by atoms with van der Waals surface area (Å²) in [7, 11) is 0. The van der Waals surface area contributed by atoms with E-state index in [9.17, 15) is 4.79 Å². The van der Waals surface area contributed by atoms with Crippen LogP contribution < -0.4 is 0 Å². The van der Waals surface area contributed by atoms with E-state index >= 15 is 0 Å². The number of allylic oxidation sites excluding steroid dienone is 2. The van der Waals surface area contributed by atoms with Crippen molar-refractivity contribution in [1.29, 1.82) is 0 Å². The van der Waals surface area contributed by atoms with Gasteiger partial charge in [-0.3, -0.25) is 4.98 Å². The van der Waals surface area contributed by atoms with Gasteiger partial charge in [0, 0.05) is 23.7 Å². The number of aromatic carboxylic acids is 1. The summed E-state index contributed by atoms with van der Waals surface area (Å²) in [5, 5.41) is 9.06. The molecule has 2 fully saturated rings. The molecule has 1 N–H and O–H groups in total. The number of carbonyl (C=O) groups is 1. The first kappa shape index (κ1) is 21.4. The summed E-state index contributed by atoms with van der Waals surface area (Å²) in [6.45, 7) is 12.0. The molecule has 1 aromatic heterocycles. The highest BCUT2D eigenvalue weighted by Gasteiger charge is 2.60. The molecular weight excluding hydrogens is 394 g/mol. The lowest BCUT2D eigenvalue weighted by molar-refractivity contribution is 0.0696. The van der Waals surface area contributed by atoms with Crippen LogP contribution in [0.25, 0.3) is 0 Å². The van der Waals surface area contributed by atoms with Crippen molar-refractivity contribution in [2.24, 2.45) is 5.92 Å². The number of carboxylic acids is 1. The van der Waals surface area contributed by atoms with Gasteiger partial charge in [0.05, 0.1) is 5.56 Å². The Balaban J connectivity index is 1.41. The zero-order chi connectivity index (χ0) is 22.9. The van der Waals surface area contributed by atoms with Gasteiger partial charge in [-0.1, -0.05) is 51.5 Å². The number of pyridine rings is 1. The van der Waals surface area contributed by atoms with E-state index in [-0.39, 0.29) is 16.4 Å². The third kappa shape index (κ3) is 3.32. The minimum atomic E-state index is -0.923. The van der Waals surface area contributed by atoms with Gasteiger partial charge in [-0.15, -0.1) is 0 Å². The van der Waals surface area contributed by atoms with Crippen LogP contribution in [0.5, 0.6) is 0 Å². The van der Waals surface area contributed by atoms with Gasteiger partial charge < -0.3 is 5.11 Å². The quantitative estimate of drug-likeness (QED) is 0.553. The predicted octanol–water partition coefficient (Wildman–Crippen LogP) is 6.66. The molecule has 2 saturated carbocycles. The molecule has 32 heavy (non-hydrogen) atoms. The Morgan fingerprint density at radius 3 is 2.34 bits per heavy atom. The van der Waals surface area contributed by atoms with E-state index in [1.807, 2.05) is 6.07 Å². The first-order valence-corrected chi connectivity index (χ1v) is 12.1. The van der Waals surface area contributed by atoms with E-state index in [4.69, 9.17) is 5.11 Å². The second-order valence-electron chi connectivity index (χ2n) is 11.7. The van der Waals surface area contributed by atoms with Gasteiger partial charge in [-0.25, -0.2) is 4.79 Å². The number of aryl methyl sites for hydroxylation is 1. The molecule has 0 saturated heterocycles. The van der Waals surface area contributed by atoms with Gasteiger partial charge >= 0.3 is 5.97 Å². The molecule has 3 heteroatoms. The van der Waals surface area contributed by atoms with Crippen LogP contribution in [0, 0.1) is 12.8 Å². The van der Waals surface area contributed by atoms with Crippen LogP contribution in [0.2, 0.25) is 0 Å². The summed E-state index contributed by atoms with van der Waals surface area (Å²) in [6.07, 6.45) is 10.8. The van der Waals surface area contributed by atoms with E-state index < -0.39 is 5.97 Å². The summed E-state index contributed by atoms with van der Waals surface area (Å²) in [4.78, 5) is 15.4. The average Bonchev–Trinajstić information content (AvgIpc) is 3.37. The number of aromatic nitrogens is 1. The molecule has 168 valence electrons. The predicted molar refractivity (Wildman–Crippen MR) is 128 cm³/mol. The second kappa shape index (κ2) is 7.04. The Bertz CT molecular complexity index is 1120. The highest BCUT2D eigenvalue weighted by molar-refractivity contribution is 5.87. The molecule has 3 aliphatic rings. The van der Waals surface area contributed by atoms with Gasteiger partial charge in [0.2, 0.25) is 0 Å².